The van der Waals surface area contributed by atoms with Gasteiger partial charge in [0.2, 0.25) is 5.13 Å². The van der Waals surface area contributed by atoms with Gasteiger partial charge >= 0.3 is 5.97 Å². The minimum Gasteiger partial charge on any atom is -0.462 e. The largest absolute Gasteiger partial charge is 0.462 e. The number of para-hydroxylation sites is 1. The molecule has 0 saturated carbocycles. The second-order valence-electron chi connectivity index (χ2n) is 6.24. The number of aromatic nitrogens is 1. The fraction of sp³-hybridized carbons (Fsp3) is 0.200. The molecule has 4 aromatic rings. The van der Waals surface area contributed by atoms with Crippen LogP contribution in [-0.4, -0.2) is 31.7 Å². The highest BCUT2D eigenvalue weighted by atomic mass is 32.1. The highest BCUT2D eigenvalue weighted by Crippen LogP contribution is 2.40. The number of hydrogen-bond acceptors (Lipinski definition) is 8. The first-order valence-electron chi connectivity index (χ1n) is 8.75. The lowest BCUT2D eigenvalue weighted by Crippen LogP contribution is -2.08. The highest BCUT2D eigenvalue weighted by molar-refractivity contribution is 7.22. The molecule has 0 aliphatic carbocycles. The Balaban J connectivity index is 1.77. The summed E-state index contributed by atoms with van der Waals surface area (Å²) in [6.45, 7) is 2.14. The van der Waals surface area contributed by atoms with Crippen molar-refractivity contribution in [2.24, 2.45) is 10.2 Å². The van der Waals surface area contributed by atoms with E-state index in [0.717, 1.165) is 26.0 Å². The number of fused-ring (bicyclic) bond motifs is 2. The van der Waals surface area contributed by atoms with Gasteiger partial charge in [-0.25, -0.2) is 9.78 Å². The number of carbonyl (C=O) groups is 1. The monoisotopic (exact) mass is 410 g/mol. The predicted molar refractivity (Wildman–Crippen MR) is 116 cm³/mol. The summed E-state index contributed by atoms with van der Waals surface area (Å²) in [6, 6.07) is 13.7. The summed E-state index contributed by atoms with van der Waals surface area (Å²) < 4.78 is 7.13. The number of nitrogens with zero attached hydrogens (tertiary/aromatic N) is 4. The SMILES string of the molecule is CCOC(=O)c1cc2c(N(C)C)ccc(/N=N/c3nc4ccccc4s3)c2s1. The summed E-state index contributed by atoms with van der Waals surface area (Å²) in [7, 11) is 3.94. The number of thiophene rings is 1. The Morgan fingerprint density at radius 3 is 2.71 bits per heavy atom. The standard InChI is InChI=1S/C20H18N4O2S2/c1-4-26-19(25)17-11-12-15(24(2)3)10-9-14(18(12)27-17)22-23-20-21-13-7-5-6-8-16(13)28-20/h5-11H,4H2,1-3H3/b23-22+. The van der Waals surface area contributed by atoms with Crippen LogP contribution >= 0.6 is 22.7 Å². The van der Waals surface area contributed by atoms with Crippen LogP contribution < -0.4 is 4.90 Å². The van der Waals surface area contributed by atoms with Crippen molar-refractivity contribution in [2.75, 3.05) is 25.6 Å². The fourth-order valence-corrected chi connectivity index (χ4v) is 4.68. The number of thiazole rings is 1. The molecule has 6 nitrogen and oxygen atoms in total. The Bertz CT molecular complexity index is 1160. The van der Waals surface area contributed by atoms with Crippen molar-refractivity contribution in [1.29, 1.82) is 0 Å². The van der Waals surface area contributed by atoms with Crippen LogP contribution in [0, 0.1) is 0 Å². The van der Waals surface area contributed by atoms with Gasteiger partial charge in [0.1, 0.15) is 10.6 Å². The summed E-state index contributed by atoms with van der Waals surface area (Å²) in [5.41, 5.74) is 2.64. The van der Waals surface area contributed by atoms with E-state index < -0.39 is 0 Å². The quantitative estimate of drug-likeness (QED) is 0.291. The lowest BCUT2D eigenvalue weighted by Gasteiger charge is -2.14. The molecule has 0 atom stereocenters. The van der Waals surface area contributed by atoms with Crippen LogP contribution in [0.5, 0.6) is 0 Å². The van der Waals surface area contributed by atoms with Gasteiger partial charge in [-0.15, -0.1) is 21.6 Å². The first kappa shape index (κ1) is 18.5. The van der Waals surface area contributed by atoms with Crippen LogP contribution in [0.25, 0.3) is 20.3 Å². The van der Waals surface area contributed by atoms with Crippen molar-refractivity contribution in [3.8, 4) is 0 Å². The number of benzene rings is 2. The van der Waals surface area contributed by atoms with Gasteiger partial charge in [-0.2, -0.15) is 0 Å². The van der Waals surface area contributed by atoms with Crippen molar-refractivity contribution in [1.82, 2.24) is 4.98 Å². The lowest BCUT2D eigenvalue weighted by molar-refractivity contribution is 0.0532. The third kappa shape index (κ3) is 3.48. The van der Waals surface area contributed by atoms with Crippen LogP contribution in [0.4, 0.5) is 16.5 Å². The predicted octanol–water partition coefficient (Wildman–Crippen LogP) is 6.17. The maximum absolute atomic E-state index is 12.2. The second kappa shape index (κ2) is 7.65. The number of anilines is 1. The molecule has 0 saturated heterocycles. The topological polar surface area (TPSA) is 67.2 Å². The van der Waals surface area contributed by atoms with Gasteiger partial charge in [0, 0.05) is 25.2 Å². The molecule has 0 spiro atoms. The number of rotatable bonds is 5. The smallest absolute Gasteiger partial charge is 0.348 e. The van der Waals surface area contributed by atoms with Gasteiger partial charge in [-0.05, 0) is 37.3 Å². The first-order chi connectivity index (χ1) is 13.6. The minimum absolute atomic E-state index is 0.317. The normalized spacial score (nSPS) is 11.5. The molecule has 0 radical (unpaired) electrons. The summed E-state index contributed by atoms with van der Waals surface area (Å²) in [5, 5.41) is 10.3. The van der Waals surface area contributed by atoms with Crippen LogP contribution in [-0.2, 0) is 4.74 Å². The maximum Gasteiger partial charge on any atom is 0.348 e. The third-order valence-corrected chi connectivity index (χ3v) is 6.18. The van der Waals surface area contributed by atoms with Crippen LogP contribution in [0.2, 0.25) is 0 Å². The average Bonchev–Trinajstić information content (AvgIpc) is 3.30. The molecule has 2 aromatic heterocycles. The van der Waals surface area contributed by atoms with Crippen molar-refractivity contribution in [2.45, 2.75) is 6.92 Å². The Hall–Kier alpha value is -2.84. The number of ether oxygens (including phenoxy) is 1. The van der Waals surface area contributed by atoms with E-state index in [1.807, 2.05) is 61.5 Å². The third-order valence-electron chi connectivity index (χ3n) is 4.12. The Morgan fingerprint density at radius 1 is 1.14 bits per heavy atom. The summed E-state index contributed by atoms with van der Waals surface area (Å²) in [4.78, 5) is 19.3. The van der Waals surface area contributed by atoms with Gasteiger partial charge < -0.3 is 9.64 Å². The Morgan fingerprint density at radius 2 is 1.96 bits per heavy atom. The molecule has 0 fully saturated rings. The number of hydrogen-bond donors (Lipinski definition) is 0. The van der Waals surface area contributed by atoms with Crippen LogP contribution in [0.1, 0.15) is 16.6 Å². The van der Waals surface area contributed by atoms with Gasteiger partial charge in [-0.3, -0.25) is 0 Å². The molecule has 142 valence electrons. The summed E-state index contributed by atoms with van der Waals surface area (Å²) >= 11 is 2.87. The molecule has 2 heterocycles. The maximum atomic E-state index is 12.2. The summed E-state index contributed by atoms with van der Waals surface area (Å²) in [6.07, 6.45) is 0. The van der Waals surface area contributed by atoms with Gasteiger partial charge in [0.25, 0.3) is 0 Å². The number of esters is 1. The molecular weight excluding hydrogens is 392 g/mol. The van der Waals surface area contributed by atoms with Crippen molar-refractivity contribution in [3.05, 3.63) is 47.3 Å². The Kier molecular flexibility index (Phi) is 5.06. The zero-order valence-corrected chi connectivity index (χ0v) is 17.3. The minimum atomic E-state index is -0.317. The van der Waals surface area contributed by atoms with Gasteiger partial charge in [0.15, 0.2) is 0 Å². The van der Waals surface area contributed by atoms with Crippen molar-refractivity contribution < 1.29 is 9.53 Å². The van der Waals surface area contributed by atoms with Crippen molar-refractivity contribution >= 4 is 65.5 Å². The van der Waals surface area contributed by atoms with Gasteiger partial charge in [0.05, 0.1) is 21.5 Å². The zero-order chi connectivity index (χ0) is 19.7. The lowest BCUT2D eigenvalue weighted by atomic mass is 10.2. The van der Waals surface area contributed by atoms with E-state index in [9.17, 15) is 4.79 Å². The number of carbonyl (C=O) groups excluding carboxylic acids is 1. The van der Waals surface area contributed by atoms with E-state index in [1.54, 1.807) is 6.92 Å². The van der Waals surface area contributed by atoms with E-state index in [-0.39, 0.29) is 5.97 Å². The van der Waals surface area contributed by atoms with E-state index in [1.165, 1.54) is 22.7 Å². The molecule has 8 heteroatoms. The number of azo groups is 1. The molecule has 0 aliphatic rings. The van der Waals surface area contributed by atoms with Crippen LogP contribution in [0.3, 0.4) is 0 Å². The molecule has 4 rings (SSSR count). The molecular formula is C20H18N4O2S2. The summed E-state index contributed by atoms with van der Waals surface area (Å²) in [5.74, 6) is -0.317. The molecule has 28 heavy (non-hydrogen) atoms. The molecule has 0 unspecified atom stereocenters. The Labute approximate surface area is 170 Å². The molecule has 0 bridgehead atoms. The fourth-order valence-electron chi connectivity index (χ4n) is 2.87. The molecule has 0 N–H and O–H groups in total. The van der Waals surface area contributed by atoms with E-state index in [0.29, 0.717) is 22.3 Å². The first-order valence-corrected chi connectivity index (χ1v) is 10.4. The zero-order valence-electron chi connectivity index (χ0n) is 15.7. The average molecular weight is 411 g/mol. The molecule has 0 amide bonds. The van der Waals surface area contributed by atoms with Crippen molar-refractivity contribution in [3.63, 3.8) is 0 Å². The van der Waals surface area contributed by atoms with E-state index in [4.69, 9.17) is 4.74 Å². The van der Waals surface area contributed by atoms with E-state index >= 15 is 0 Å². The van der Waals surface area contributed by atoms with Gasteiger partial charge in [-0.1, -0.05) is 23.5 Å². The molecule has 2 aromatic carbocycles. The van der Waals surface area contributed by atoms with Crippen LogP contribution in [0.15, 0.2) is 52.7 Å². The highest BCUT2D eigenvalue weighted by Gasteiger charge is 2.17. The molecule has 0 aliphatic heterocycles. The van der Waals surface area contributed by atoms with E-state index in [2.05, 4.69) is 15.2 Å². The second-order valence-corrected chi connectivity index (χ2v) is 8.30.